The third kappa shape index (κ3) is 7.50. The molecule has 16 heteroatoms. The molecule has 0 aromatic heterocycles. The minimum absolute atomic E-state index is 0.121. The van der Waals surface area contributed by atoms with E-state index in [0.29, 0.717) is 0 Å². The molecule has 0 radical (unpaired) electrons. The zero-order valence-corrected chi connectivity index (χ0v) is 27.0. The van der Waals surface area contributed by atoms with E-state index < -0.39 is 113 Å². The van der Waals surface area contributed by atoms with Gasteiger partial charge < -0.3 is 37.9 Å². The maximum Gasteiger partial charge on any atom is 0.335 e. The van der Waals surface area contributed by atoms with Crippen LogP contribution in [0.5, 0.6) is 0 Å². The van der Waals surface area contributed by atoms with Crippen molar-refractivity contribution in [2.24, 2.45) is 17.8 Å². The van der Waals surface area contributed by atoms with E-state index in [9.17, 15) is 33.6 Å². The molecule has 0 spiro atoms. The highest BCUT2D eigenvalue weighted by atomic mass is 79.9. The number of fused-ring (bicyclic) bond motifs is 1. The van der Waals surface area contributed by atoms with Crippen LogP contribution in [0.3, 0.4) is 0 Å². The number of esters is 7. The van der Waals surface area contributed by atoms with Crippen molar-refractivity contribution in [3.05, 3.63) is 0 Å². The van der Waals surface area contributed by atoms with Crippen molar-refractivity contribution in [1.29, 1.82) is 0 Å². The number of halogens is 1. The lowest BCUT2D eigenvalue weighted by molar-refractivity contribution is -0.258. The maximum absolute atomic E-state index is 13.4. The van der Waals surface area contributed by atoms with Crippen molar-refractivity contribution in [2.75, 3.05) is 13.7 Å². The molecule has 0 aromatic rings. The summed E-state index contributed by atoms with van der Waals surface area (Å²) in [6, 6.07) is 0. The standard InChI is InChI=1S/C28H37BrO15/c1-11-18(39-13(3)31)8-17-22(11)19(44-27(36)28(17,29)26(35)37-7)9-20-23(40-14(4)32)25(42-16(6)34)24(41-15(5)33)21(43-20)10-38-12(2)30/h11,17-25H,8-10H2,1-7H3/t11?,17-,18?,19?,20?,21?,22+,23-,24-,25+,28?/m0/s1. The lowest BCUT2D eigenvalue weighted by Crippen LogP contribution is -2.64. The average molecular weight is 693 g/mol. The van der Waals surface area contributed by atoms with E-state index in [1.807, 2.05) is 0 Å². The van der Waals surface area contributed by atoms with E-state index >= 15 is 0 Å². The number of ether oxygens (including phenoxy) is 8. The second-order valence-electron chi connectivity index (χ2n) is 11.0. The van der Waals surface area contributed by atoms with Crippen molar-refractivity contribution in [1.82, 2.24) is 0 Å². The van der Waals surface area contributed by atoms with Crippen LogP contribution in [0.4, 0.5) is 0 Å². The lowest BCUT2D eigenvalue weighted by Gasteiger charge is -2.47. The molecule has 0 amide bonds. The first-order valence-electron chi connectivity index (χ1n) is 14.0. The highest BCUT2D eigenvalue weighted by Crippen LogP contribution is 2.54. The molecule has 0 N–H and O–H groups in total. The zero-order valence-electron chi connectivity index (χ0n) is 25.4. The molecule has 3 aliphatic rings. The summed E-state index contributed by atoms with van der Waals surface area (Å²) < 4.78 is 42.2. The van der Waals surface area contributed by atoms with E-state index in [-0.39, 0.29) is 12.8 Å². The molecule has 0 bridgehead atoms. The van der Waals surface area contributed by atoms with Gasteiger partial charge in [-0.05, 0) is 12.3 Å². The Hall–Kier alpha value is -3.27. The second-order valence-corrected chi connectivity index (χ2v) is 12.3. The van der Waals surface area contributed by atoms with E-state index in [0.717, 1.165) is 34.8 Å². The number of carbonyl (C=O) groups excluding carboxylic acids is 7. The molecule has 15 nitrogen and oxygen atoms in total. The van der Waals surface area contributed by atoms with Gasteiger partial charge in [-0.1, -0.05) is 22.9 Å². The summed E-state index contributed by atoms with van der Waals surface area (Å²) in [5.41, 5.74) is 0. The Balaban J connectivity index is 2.07. The fraction of sp³-hybridized carbons (Fsp3) is 0.750. The van der Waals surface area contributed by atoms with E-state index in [1.165, 1.54) is 6.92 Å². The highest BCUT2D eigenvalue weighted by molar-refractivity contribution is 9.10. The van der Waals surface area contributed by atoms with Crippen LogP contribution >= 0.6 is 15.9 Å². The predicted octanol–water partition coefficient (Wildman–Crippen LogP) is 0.938. The van der Waals surface area contributed by atoms with E-state index in [2.05, 4.69) is 15.9 Å². The zero-order chi connectivity index (χ0) is 33.1. The monoisotopic (exact) mass is 692 g/mol. The number of alkyl halides is 1. The van der Waals surface area contributed by atoms with Gasteiger partial charge in [0.1, 0.15) is 31.0 Å². The molecule has 2 heterocycles. The first kappa shape index (κ1) is 35.2. The second kappa shape index (κ2) is 14.2. The van der Waals surface area contributed by atoms with Crippen LogP contribution in [0.2, 0.25) is 0 Å². The normalized spacial score (nSPS) is 36.1. The summed E-state index contributed by atoms with van der Waals surface area (Å²) in [7, 11) is 1.12. The van der Waals surface area contributed by atoms with Gasteiger partial charge in [0.15, 0.2) is 18.3 Å². The molecule has 44 heavy (non-hydrogen) atoms. The predicted molar refractivity (Wildman–Crippen MR) is 146 cm³/mol. The van der Waals surface area contributed by atoms with Gasteiger partial charge in [-0.25, -0.2) is 9.59 Å². The van der Waals surface area contributed by atoms with Crippen molar-refractivity contribution < 1.29 is 71.5 Å². The number of cyclic esters (lactones) is 1. The molecule has 6 unspecified atom stereocenters. The quantitative estimate of drug-likeness (QED) is 0.143. The van der Waals surface area contributed by atoms with Crippen LogP contribution in [-0.4, -0.2) is 103 Å². The summed E-state index contributed by atoms with van der Waals surface area (Å²) in [5, 5.41) is 0. The molecular formula is C28H37BrO15. The van der Waals surface area contributed by atoms with E-state index in [4.69, 9.17) is 37.9 Å². The fourth-order valence-corrected chi connectivity index (χ4v) is 7.16. The van der Waals surface area contributed by atoms with Crippen LogP contribution in [0.1, 0.15) is 54.4 Å². The molecule has 11 atom stereocenters. The number of hydrogen-bond donors (Lipinski definition) is 0. The van der Waals surface area contributed by atoms with Crippen LogP contribution in [0.15, 0.2) is 0 Å². The smallest absolute Gasteiger partial charge is 0.335 e. The highest BCUT2D eigenvalue weighted by Gasteiger charge is 2.67. The lowest BCUT2D eigenvalue weighted by atomic mass is 9.73. The third-order valence-corrected chi connectivity index (χ3v) is 9.23. The van der Waals surface area contributed by atoms with Gasteiger partial charge in [-0.2, -0.15) is 0 Å². The van der Waals surface area contributed by atoms with Gasteiger partial charge in [0, 0.05) is 52.9 Å². The van der Waals surface area contributed by atoms with Crippen LogP contribution < -0.4 is 0 Å². The van der Waals surface area contributed by atoms with Crippen molar-refractivity contribution >= 4 is 57.7 Å². The van der Waals surface area contributed by atoms with Crippen molar-refractivity contribution in [3.63, 3.8) is 0 Å². The molecule has 3 rings (SSSR count). The Bertz CT molecular complexity index is 1170. The maximum atomic E-state index is 13.4. The minimum Gasteiger partial charge on any atom is -0.468 e. The molecular weight excluding hydrogens is 656 g/mol. The van der Waals surface area contributed by atoms with Gasteiger partial charge in [-0.3, -0.25) is 24.0 Å². The number of methoxy groups -OCH3 is 1. The Morgan fingerprint density at radius 1 is 0.795 bits per heavy atom. The van der Waals surface area contributed by atoms with Gasteiger partial charge in [0.05, 0.1) is 7.11 Å². The Kier molecular flexibility index (Phi) is 11.4. The summed E-state index contributed by atoms with van der Waals surface area (Å²) in [6.45, 7) is 7.08. The molecule has 2 aliphatic heterocycles. The summed E-state index contributed by atoms with van der Waals surface area (Å²) in [6.07, 6.45) is -8.24. The van der Waals surface area contributed by atoms with Crippen molar-refractivity contribution in [3.8, 4) is 0 Å². The van der Waals surface area contributed by atoms with Crippen LogP contribution in [0, 0.1) is 17.8 Å². The Morgan fingerprint density at radius 3 is 1.82 bits per heavy atom. The van der Waals surface area contributed by atoms with Crippen LogP contribution in [0.25, 0.3) is 0 Å². The summed E-state index contributed by atoms with van der Waals surface area (Å²) >= 11 is 3.28. The van der Waals surface area contributed by atoms with Crippen LogP contribution in [-0.2, 0) is 71.5 Å². The molecule has 1 aliphatic carbocycles. The SMILES string of the molecule is COC(=O)C1(Br)C(=O)OC(CC2OC(COC(C)=O)[C@H](OC(C)=O)[C@H](OC(C)=O)[C@H]2OC(C)=O)[C@@H]2C(C)C(OC(C)=O)C[C@@H]21. The minimum atomic E-state index is -1.90. The Morgan fingerprint density at radius 2 is 1.32 bits per heavy atom. The van der Waals surface area contributed by atoms with Crippen molar-refractivity contribution in [2.45, 2.75) is 101 Å². The topological polar surface area (TPSA) is 193 Å². The van der Waals surface area contributed by atoms with E-state index in [1.54, 1.807) is 6.92 Å². The number of hydrogen-bond acceptors (Lipinski definition) is 15. The number of carbonyl (C=O) groups is 7. The third-order valence-electron chi connectivity index (χ3n) is 7.99. The average Bonchev–Trinajstić information content (AvgIpc) is 3.23. The molecule has 1 saturated carbocycles. The largest absolute Gasteiger partial charge is 0.468 e. The summed E-state index contributed by atoms with van der Waals surface area (Å²) in [4.78, 5) is 86.3. The molecule has 3 fully saturated rings. The fourth-order valence-electron chi connectivity index (χ4n) is 6.41. The first-order valence-corrected chi connectivity index (χ1v) is 14.8. The first-order chi connectivity index (χ1) is 20.5. The van der Waals surface area contributed by atoms with Gasteiger partial charge in [-0.15, -0.1) is 0 Å². The Labute approximate surface area is 261 Å². The van der Waals surface area contributed by atoms with Gasteiger partial charge >= 0.3 is 41.8 Å². The molecule has 0 aromatic carbocycles. The van der Waals surface area contributed by atoms with Gasteiger partial charge in [0.25, 0.3) is 0 Å². The van der Waals surface area contributed by atoms with Gasteiger partial charge in [0.2, 0.25) is 4.32 Å². The number of rotatable bonds is 9. The molecule has 246 valence electrons. The molecule has 2 saturated heterocycles. The summed E-state index contributed by atoms with van der Waals surface area (Å²) in [5.74, 6) is -7.22.